The standard InChI is InChI=1S/C15H17NO4/c1-9-15(14(18)8-20-10(2)17)12-7-11(19-4)5-6-13(12)16(9)3/h5-7H,8H2,1-4H3. The van der Waals surface area contributed by atoms with Crippen molar-refractivity contribution >= 4 is 22.7 Å². The maximum Gasteiger partial charge on any atom is 0.303 e. The fraction of sp³-hybridized carbons (Fsp3) is 0.333. The summed E-state index contributed by atoms with van der Waals surface area (Å²) in [6.45, 7) is 2.91. The van der Waals surface area contributed by atoms with Crippen LogP contribution in [0.4, 0.5) is 0 Å². The molecule has 5 heteroatoms. The van der Waals surface area contributed by atoms with Crippen molar-refractivity contribution in [2.75, 3.05) is 13.7 Å². The van der Waals surface area contributed by atoms with Gasteiger partial charge in [0.1, 0.15) is 5.75 Å². The maximum absolute atomic E-state index is 12.3. The van der Waals surface area contributed by atoms with Crippen LogP contribution in [-0.4, -0.2) is 30.0 Å². The summed E-state index contributed by atoms with van der Waals surface area (Å²) >= 11 is 0. The number of rotatable bonds is 4. The van der Waals surface area contributed by atoms with Crippen LogP contribution in [0, 0.1) is 6.92 Å². The number of aryl methyl sites for hydroxylation is 1. The zero-order valence-corrected chi connectivity index (χ0v) is 12.0. The highest BCUT2D eigenvalue weighted by molar-refractivity contribution is 6.10. The second kappa shape index (κ2) is 5.36. The molecule has 5 nitrogen and oxygen atoms in total. The van der Waals surface area contributed by atoms with E-state index in [2.05, 4.69) is 0 Å². The third-order valence-corrected chi connectivity index (χ3v) is 3.38. The summed E-state index contributed by atoms with van der Waals surface area (Å²) in [6.07, 6.45) is 0. The molecule has 0 fully saturated rings. The molecule has 0 atom stereocenters. The van der Waals surface area contributed by atoms with Crippen molar-refractivity contribution in [1.29, 1.82) is 0 Å². The smallest absolute Gasteiger partial charge is 0.303 e. The highest BCUT2D eigenvalue weighted by Crippen LogP contribution is 2.28. The third-order valence-electron chi connectivity index (χ3n) is 3.38. The molecular weight excluding hydrogens is 258 g/mol. The van der Waals surface area contributed by atoms with Crippen LogP contribution in [0.3, 0.4) is 0 Å². The summed E-state index contributed by atoms with van der Waals surface area (Å²) in [5.41, 5.74) is 2.35. The summed E-state index contributed by atoms with van der Waals surface area (Å²) in [5, 5.41) is 0.807. The zero-order chi connectivity index (χ0) is 14.9. The Labute approximate surface area is 117 Å². The van der Waals surface area contributed by atoms with E-state index in [1.165, 1.54) is 6.92 Å². The Morgan fingerprint density at radius 1 is 1.30 bits per heavy atom. The van der Waals surface area contributed by atoms with E-state index in [1.54, 1.807) is 7.11 Å². The van der Waals surface area contributed by atoms with Crippen molar-refractivity contribution in [2.45, 2.75) is 13.8 Å². The Morgan fingerprint density at radius 2 is 2.00 bits per heavy atom. The number of fused-ring (bicyclic) bond motifs is 1. The molecule has 20 heavy (non-hydrogen) atoms. The van der Waals surface area contributed by atoms with Crippen LogP contribution in [0.5, 0.6) is 5.75 Å². The van der Waals surface area contributed by atoms with Gasteiger partial charge in [-0.25, -0.2) is 0 Å². The molecule has 1 heterocycles. The number of carbonyl (C=O) groups is 2. The number of methoxy groups -OCH3 is 1. The minimum absolute atomic E-state index is 0.212. The Kier molecular flexibility index (Phi) is 3.79. The van der Waals surface area contributed by atoms with Crippen LogP contribution >= 0.6 is 0 Å². The van der Waals surface area contributed by atoms with Crippen LogP contribution in [0.2, 0.25) is 0 Å². The van der Waals surface area contributed by atoms with Crippen LogP contribution in [0.15, 0.2) is 18.2 Å². The van der Waals surface area contributed by atoms with Crippen molar-refractivity contribution < 1.29 is 19.1 Å². The first kappa shape index (κ1) is 14.1. The number of hydrogen-bond donors (Lipinski definition) is 0. The van der Waals surface area contributed by atoms with E-state index in [4.69, 9.17) is 9.47 Å². The summed E-state index contributed by atoms with van der Waals surface area (Å²) in [4.78, 5) is 23.1. The zero-order valence-electron chi connectivity index (χ0n) is 12.0. The molecule has 106 valence electrons. The Morgan fingerprint density at radius 3 is 2.60 bits per heavy atom. The summed E-state index contributed by atoms with van der Waals surface area (Å²) < 4.78 is 11.9. The average molecular weight is 275 g/mol. The van der Waals surface area contributed by atoms with Gasteiger partial charge in [-0.3, -0.25) is 9.59 Å². The second-order valence-corrected chi connectivity index (χ2v) is 4.61. The lowest BCUT2D eigenvalue weighted by atomic mass is 10.1. The Bertz CT molecular complexity index is 685. The van der Waals surface area contributed by atoms with Crippen molar-refractivity contribution in [3.63, 3.8) is 0 Å². The van der Waals surface area contributed by atoms with Gasteiger partial charge in [-0.15, -0.1) is 0 Å². The summed E-state index contributed by atoms with van der Waals surface area (Å²) in [6, 6.07) is 5.58. The fourth-order valence-corrected chi connectivity index (χ4v) is 2.27. The lowest BCUT2D eigenvalue weighted by Crippen LogP contribution is -2.13. The Hall–Kier alpha value is -2.30. The molecule has 0 unspecified atom stereocenters. The van der Waals surface area contributed by atoms with Crippen molar-refractivity contribution in [1.82, 2.24) is 4.57 Å². The van der Waals surface area contributed by atoms with Gasteiger partial charge in [-0.05, 0) is 25.1 Å². The molecule has 0 amide bonds. The number of ether oxygens (including phenoxy) is 2. The van der Waals surface area contributed by atoms with E-state index in [-0.39, 0.29) is 12.4 Å². The van der Waals surface area contributed by atoms with Crippen LogP contribution in [0.1, 0.15) is 23.0 Å². The number of hydrogen-bond acceptors (Lipinski definition) is 4. The van der Waals surface area contributed by atoms with Gasteiger partial charge in [0.05, 0.1) is 7.11 Å². The fourth-order valence-electron chi connectivity index (χ4n) is 2.27. The molecule has 0 N–H and O–H groups in total. The molecule has 0 saturated carbocycles. The molecule has 0 saturated heterocycles. The van der Waals surface area contributed by atoms with E-state index >= 15 is 0 Å². The van der Waals surface area contributed by atoms with Gasteiger partial charge in [0.2, 0.25) is 5.78 Å². The van der Waals surface area contributed by atoms with Gasteiger partial charge < -0.3 is 14.0 Å². The van der Waals surface area contributed by atoms with E-state index in [1.807, 2.05) is 36.7 Å². The summed E-state index contributed by atoms with van der Waals surface area (Å²) in [5.74, 6) is 0.00927. The molecule has 0 aliphatic carbocycles. The van der Waals surface area contributed by atoms with Crippen molar-refractivity contribution in [2.24, 2.45) is 7.05 Å². The van der Waals surface area contributed by atoms with Gasteiger partial charge in [-0.1, -0.05) is 0 Å². The minimum Gasteiger partial charge on any atom is -0.497 e. The minimum atomic E-state index is -0.464. The highest BCUT2D eigenvalue weighted by Gasteiger charge is 2.19. The van der Waals surface area contributed by atoms with Crippen molar-refractivity contribution in [3.8, 4) is 5.75 Å². The Balaban J connectivity index is 2.53. The average Bonchev–Trinajstić information content (AvgIpc) is 2.68. The van der Waals surface area contributed by atoms with Gasteiger partial charge in [-0.2, -0.15) is 0 Å². The molecule has 2 rings (SSSR count). The lowest BCUT2D eigenvalue weighted by Gasteiger charge is -2.03. The topological polar surface area (TPSA) is 57.5 Å². The molecule has 0 aliphatic heterocycles. The molecule has 0 spiro atoms. The number of nitrogens with zero attached hydrogens (tertiary/aromatic N) is 1. The number of benzene rings is 1. The molecular formula is C15H17NO4. The van der Waals surface area contributed by atoms with Gasteiger partial charge >= 0.3 is 5.97 Å². The van der Waals surface area contributed by atoms with E-state index < -0.39 is 5.97 Å². The summed E-state index contributed by atoms with van der Waals surface area (Å²) in [7, 11) is 3.48. The van der Waals surface area contributed by atoms with E-state index in [0.717, 1.165) is 16.6 Å². The van der Waals surface area contributed by atoms with Gasteiger partial charge in [0, 0.05) is 36.1 Å². The number of carbonyl (C=O) groups excluding carboxylic acids is 2. The predicted molar refractivity (Wildman–Crippen MR) is 75.2 cm³/mol. The number of Topliss-reactive ketones (excluding diaryl/α,β-unsaturated/α-hetero) is 1. The second-order valence-electron chi connectivity index (χ2n) is 4.61. The highest BCUT2D eigenvalue weighted by atomic mass is 16.5. The van der Waals surface area contributed by atoms with Gasteiger partial charge in [0.25, 0.3) is 0 Å². The molecule has 1 aromatic heterocycles. The molecule has 2 aromatic rings. The van der Waals surface area contributed by atoms with Crippen molar-refractivity contribution in [3.05, 3.63) is 29.5 Å². The molecule has 1 aromatic carbocycles. The quantitative estimate of drug-likeness (QED) is 0.634. The largest absolute Gasteiger partial charge is 0.497 e. The third kappa shape index (κ3) is 2.39. The monoisotopic (exact) mass is 275 g/mol. The van der Waals surface area contributed by atoms with Crippen LogP contribution < -0.4 is 4.74 Å². The number of aromatic nitrogens is 1. The first-order chi connectivity index (χ1) is 9.45. The normalized spacial score (nSPS) is 10.6. The molecule has 0 bridgehead atoms. The first-order valence-electron chi connectivity index (χ1n) is 6.25. The SMILES string of the molecule is COc1ccc2c(c1)c(C(=O)COC(C)=O)c(C)n2C. The molecule has 0 aliphatic rings. The van der Waals surface area contributed by atoms with Crippen LogP contribution in [0.25, 0.3) is 10.9 Å². The predicted octanol–water partition coefficient (Wildman–Crippen LogP) is 2.24. The van der Waals surface area contributed by atoms with E-state index in [0.29, 0.717) is 11.3 Å². The lowest BCUT2D eigenvalue weighted by molar-refractivity contribution is -0.139. The maximum atomic E-state index is 12.3. The van der Waals surface area contributed by atoms with Crippen LogP contribution in [-0.2, 0) is 16.6 Å². The number of ketones is 1. The first-order valence-corrected chi connectivity index (χ1v) is 6.25. The number of esters is 1. The van der Waals surface area contributed by atoms with E-state index in [9.17, 15) is 9.59 Å². The van der Waals surface area contributed by atoms with Gasteiger partial charge in [0.15, 0.2) is 6.61 Å². The molecule has 0 radical (unpaired) electrons.